The van der Waals surface area contributed by atoms with Gasteiger partial charge in [0, 0.05) is 4.47 Å². The molecule has 3 aromatic carbocycles. The summed E-state index contributed by atoms with van der Waals surface area (Å²) in [5.41, 5.74) is 2.79. The molecule has 1 aliphatic heterocycles. The molecule has 1 atom stereocenters. The van der Waals surface area contributed by atoms with Gasteiger partial charge in [0.25, 0.3) is 0 Å². The normalized spacial score (nSPS) is 15.4. The van der Waals surface area contributed by atoms with E-state index in [1.807, 2.05) is 75.4 Å². The maximum absolute atomic E-state index is 13.9. The second kappa shape index (κ2) is 11.1. The number of amides is 2. The van der Waals surface area contributed by atoms with Gasteiger partial charge in [-0.1, -0.05) is 70.5 Å². The van der Waals surface area contributed by atoms with Gasteiger partial charge >= 0.3 is 12.1 Å². The molecule has 37 heavy (non-hydrogen) atoms. The van der Waals surface area contributed by atoms with Crippen LogP contribution in [0.25, 0.3) is 6.08 Å². The lowest BCUT2D eigenvalue weighted by molar-refractivity contribution is -0.128. The molecule has 0 spiro atoms. The smallest absolute Gasteiger partial charge is 0.421 e. The molecular formula is C30H28BrNO5. The van der Waals surface area contributed by atoms with Crippen molar-refractivity contribution in [3.63, 3.8) is 0 Å². The van der Waals surface area contributed by atoms with Crippen molar-refractivity contribution in [3.8, 4) is 0 Å². The van der Waals surface area contributed by atoms with Gasteiger partial charge in [-0.2, -0.15) is 0 Å². The van der Waals surface area contributed by atoms with Crippen molar-refractivity contribution in [2.45, 2.75) is 38.7 Å². The predicted molar refractivity (Wildman–Crippen MR) is 145 cm³/mol. The van der Waals surface area contributed by atoms with E-state index in [2.05, 4.69) is 15.9 Å². The number of hydrogen-bond donors (Lipinski definition) is 0. The van der Waals surface area contributed by atoms with E-state index < -0.39 is 23.6 Å². The van der Waals surface area contributed by atoms with E-state index in [0.717, 1.165) is 26.1 Å². The minimum atomic E-state index is -0.688. The van der Waals surface area contributed by atoms with Gasteiger partial charge < -0.3 is 9.47 Å². The van der Waals surface area contributed by atoms with Crippen LogP contribution in [0.4, 0.5) is 4.79 Å². The summed E-state index contributed by atoms with van der Waals surface area (Å²) in [7, 11) is 0. The maximum Gasteiger partial charge on any atom is 0.421 e. The van der Waals surface area contributed by atoms with Gasteiger partial charge in [0.15, 0.2) is 0 Å². The van der Waals surface area contributed by atoms with E-state index in [1.165, 1.54) is 0 Å². The number of imide groups is 1. The Morgan fingerprint density at radius 2 is 1.73 bits per heavy atom. The summed E-state index contributed by atoms with van der Waals surface area (Å²) in [5.74, 6) is -1.44. The number of rotatable bonds is 6. The van der Waals surface area contributed by atoms with Gasteiger partial charge in [0.05, 0.1) is 17.2 Å². The Morgan fingerprint density at radius 3 is 2.38 bits per heavy atom. The number of carbonyl (C=O) groups is 3. The van der Waals surface area contributed by atoms with Crippen LogP contribution in [0.1, 0.15) is 53.7 Å². The summed E-state index contributed by atoms with van der Waals surface area (Å²) < 4.78 is 11.5. The Bertz CT molecular complexity index is 1330. The molecule has 0 aliphatic carbocycles. The maximum atomic E-state index is 13.9. The van der Waals surface area contributed by atoms with Crippen molar-refractivity contribution in [1.29, 1.82) is 0 Å². The zero-order valence-electron chi connectivity index (χ0n) is 20.9. The first-order chi connectivity index (χ1) is 17.6. The highest BCUT2D eigenvalue weighted by Crippen LogP contribution is 2.30. The number of benzene rings is 3. The molecule has 1 fully saturated rings. The van der Waals surface area contributed by atoms with Crippen LogP contribution in [0.3, 0.4) is 0 Å². The molecule has 2 amide bonds. The average molecular weight is 562 g/mol. The van der Waals surface area contributed by atoms with Gasteiger partial charge in [-0.25, -0.2) is 14.5 Å². The molecular weight excluding hydrogens is 534 g/mol. The van der Waals surface area contributed by atoms with E-state index in [9.17, 15) is 14.4 Å². The fraction of sp³-hybridized carbons (Fsp3) is 0.233. The number of carbonyl (C=O) groups excluding carboxylic acids is 3. The molecule has 0 unspecified atom stereocenters. The van der Waals surface area contributed by atoms with Crippen LogP contribution >= 0.6 is 15.9 Å². The molecule has 7 heteroatoms. The topological polar surface area (TPSA) is 72.9 Å². The van der Waals surface area contributed by atoms with Crippen molar-refractivity contribution < 1.29 is 23.9 Å². The fourth-order valence-corrected chi connectivity index (χ4v) is 4.45. The van der Waals surface area contributed by atoms with Gasteiger partial charge in [-0.05, 0) is 74.2 Å². The van der Waals surface area contributed by atoms with Crippen LogP contribution < -0.4 is 0 Å². The second-order valence-corrected chi connectivity index (χ2v) is 10.7. The largest absolute Gasteiger partial charge is 0.456 e. The standard InChI is InChI=1S/C30H28BrNO5/c1-30(2,3)37-28(34)22-14-12-21(13-15-22)17-26(23-10-7-11-24(31)18-23)27(33)32-25(19-36-29(32)35)16-20-8-5-4-6-9-20/h4-16,18,26H,17,19H2,1-3H3/b25-16+/t26-/m1/s1. The monoisotopic (exact) mass is 561 g/mol. The highest BCUT2D eigenvalue weighted by Gasteiger charge is 2.38. The molecule has 0 N–H and O–H groups in total. The van der Waals surface area contributed by atoms with Crippen molar-refractivity contribution in [2.75, 3.05) is 6.61 Å². The highest BCUT2D eigenvalue weighted by molar-refractivity contribution is 9.10. The van der Waals surface area contributed by atoms with E-state index in [4.69, 9.17) is 9.47 Å². The highest BCUT2D eigenvalue weighted by atomic mass is 79.9. The quantitative estimate of drug-likeness (QED) is 0.311. The summed E-state index contributed by atoms with van der Waals surface area (Å²) in [6, 6.07) is 24.0. The lowest BCUT2D eigenvalue weighted by Gasteiger charge is -2.22. The van der Waals surface area contributed by atoms with Crippen molar-refractivity contribution in [2.24, 2.45) is 0 Å². The van der Waals surface area contributed by atoms with Gasteiger partial charge in [-0.3, -0.25) is 4.79 Å². The first kappa shape index (κ1) is 26.4. The van der Waals surface area contributed by atoms with Gasteiger partial charge in [0.1, 0.15) is 12.2 Å². The van der Waals surface area contributed by atoms with Crippen LogP contribution in [0.5, 0.6) is 0 Å². The molecule has 0 aromatic heterocycles. The molecule has 190 valence electrons. The van der Waals surface area contributed by atoms with Crippen LogP contribution in [0.2, 0.25) is 0 Å². The zero-order chi connectivity index (χ0) is 26.6. The Hall–Kier alpha value is -3.71. The molecule has 6 nitrogen and oxygen atoms in total. The predicted octanol–water partition coefficient (Wildman–Crippen LogP) is 6.75. The minimum absolute atomic E-state index is 0.0231. The fourth-order valence-electron chi connectivity index (χ4n) is 4.04. The lowest BCUT2D eigenvalue weighted by atomic mass is 9.90. The molecule has 3 aromatic rings. The Labute approximate surface area is 225 Å². The summed E-state index contributed by atoms with van der Waals surface area (Å²) in [5, 5.41) is 0. The third-order valence-electron chi connectivity index (χ3n) is 5.74. The van der Waals surface area contributed by atoms with E-state index in [1.54, 1.807) is 30.3 Å². The number of hydrogen-bond acceptors (Lipinski definition) is 5. The number of cyclic esters (lactones) is 1. The van der Waals surface area contributed by atoms with Crippen LogP contribution in [0.15, 0.2) is 89.0 Å². The lowest BCUT2D eigenvalue weighted by Crippen LogP contribution is -2.35. The van der Waals surface area contributed by atoms with Gasteiger partial charge in [0.2, 0.25) is 5.91 Å². The Kier molecular flexibility index (Phi) is 7.93. The molecule has 0 radical (unpaired) electrons. The summed E-state index contributed by atoms with van der Waals surface area (Å²) in [6.45, 7) is 5.47. The van der Waals surface area contributed by atoms with E-state index >= 15 is 0 Å². The molecule has 0 bridgehead atoms. The molecule has 1 saturated heterocycles. The number of esters is 1. The summed E-state index contributed by atoms with van der Waals surface area (Å²) in [6.07, 6.45) is 1.43. The van der Waals surface area contributed by atoms with Crippen molar-refractivity contribution >= 4 is 40.0 Å². The number of nitrogens with zero attached hydrogens (tertiary/aromatic N) is 1. The third-order valence-corrected chi connectivity index (χ3v) is 6.24. The Morgan fingerprint density at radius 1 is 1.03 bits per heavy atom. The van der Waals surface area contributed by atoms with Gasteiger partial charge in [-0.15, -0.1) is 0 Å². The van der Waals surface area contributed by atoms with Crippen molar-refractivity contribution in [3.05, 3.63) is 111 Å². The minimum Gasteiger partial charge on any atom is -0.456 e. The molecule has 0 saturated carbocycles. The van der Waals surface area contributed by atoms with Crippen LogP contribution in [-0.4, -0.2) is 35.1 Å². The molecule has 1 aliphatic rings. The average Bonchev–Trinajstić information content (AvgIpc) is 3.21. The van der Waals surface area contributed by atoms with Crippen LogP contribution in [0, 0.1) is 0 Å². The van der Waals surface area contributed by atoms with E-state index in [0.29, 0.717) is 17.7 Å². The third kappa shape index (κ3) is 6.74. The SMILES string of the molecule is CC(C)(C)OC(=O)c1ccc(C[C@@H](C(=O)N2C(=O)OC/C2=C\c2ccccc2)c2cccc(Br)c2)cc1. The number of ether oxygens (including phenoxy) is 2. The Balaban J connectivity index is 1.64. The number of halogens is 1. The summed E-state index contributed by atoms with van der Waals surface area (Å²) >= 11 is 3.49. The van der Waals surface area contributed by atoms with Crippen molar-refractivity contribution in [1.82, 2.24) is 4.90 Å². The van der Waals surface area contributed by atoms with Crippen LogP contribution in [-0.2, 0) is 20.7 Å². The molecule has 1 heterocycles. The summed E-state index contributed by atoms with van der Waals surface area (Å²) in [4.78, 5) is 40.1. The first-order valence-electron chi connectivity index (χ1n) is 11.9. The first-order valence-corrected chi connectivity index (χ1v) is 12.7. The van der Waals surface area contributed by atoms with E-state index in [-0.39, 0.29) is 12.5 Å². The zero-order valence-corrected chi connectivity index (χ0v) is 22.5. The second-order valence-electron chi connectivity index (χ2n) is 9.79. The molecule has 4 rings (SSSR count).